The van der Waals surface area contributed by atoms with E-state index in [2.05, 4.69) is 5.32 Å². The van der Waals surface area contributed by atoms with E-state index < -0.39 is 34.6 Å². The lowest BCUT2D eigenvalue weighted by Gasteiger charge is -2.17. The van der Waals surface area contributed by atoms with Gasteiger partial charge < -0.3 is 10.1 Å². The summed E-state index contributed by atoms with van der Waals surface area (Å²) in [6.07, 6.45) is -4.66. The fraction of sp³-hybridized carbons (Fsp3) is 0.0417. The molecule has 1 aliphatic heterocycles. The maximum atomic E-state index is 13.0. The van der Waals surface area contributed by atoms with Crippen LogP contribution in [0.2, 0.25) is 5.02 Å². The van der Waals surface area contributed by atoms with Crippen molar-refractivity contribution in [3.05, 3.63) is 99.7 Å². The van der Waals surface area contributed by atoms with Crippen LogP contribution in [-0.4, -0.2) is 17.8 Å². The number of esters is 1. The van der Waals surface area contributed by atoms with Gasteiger partial charge in [-0.25, -0.2) is 9.69 Å². The van der Waals surface area contributed by atoms with E-state index in [1.807, 2.05) is 0 Å². The van der Waals surface area contributed by atoms with Gasteiger partial charge in [-0.3, -0.25) is 9.59 Å². The number of nitrogens with zero attached hydrogens (tertiary/aromatic N) is 1. The van der Waals surface area contributed by atoms with E-state index in [0.717, 1.165) is 12.1 Å². The molecule has 0 unspecified atom stereocenters. The monoisotopic (exact) mass is 520 g/mol. The smallest absolute Gasteiger partial charge is 0.416 e. The van der Waals surface area contributed by atoms with Gasteiger partial charge in [-0.05, 0) is 54.6 Å². The molecule has 11 heteroatoms. The molecule has 0 spiro atoms. The Balaban J connectivity index is 1.50. The normalized spacial score (nSPS) is 13.9. The first-order valence-electron chi connectivity index (χ1n) is 9.86. The number of anilines is 2. The van der Waals surface area contributed by atoms with Gasteiger partial charge in [-0.15, -0.1) is 0 Å². The molecule has 1 aliphatic rings. The fourth-order valence-corrected chi connectivity index (χ4v) is 3.57. The van der Waals surface area contributed by atoms with Gasteiger partial charge in [0.25, 0.3) is 11.8 Å². The second-order valence-corrected chi connectivity index (χ2v) is 7.99. The van der Waals surface area contributed by atoms with Crippen molar-refractivity contribution in [3.8, 4) is 5.75 Å². The van der Waals surface area contributed by atoms with E-state index >= 15 is 0 Å². The molecule has 1 N–H and O–H groups in total. The van der Waals surface area contributed by atoms with E-state index in [-0.39, 0.29) is 27.7 Å². The number of ether oxygens (including phenoxy) is 1. The summed E-state index contributed by atoms with van der Waals surface area (Å²) >= 11 is 12.0. The molecule has 0 fully saturated rings. The second-order valence-electron chi connectivity index (χ2n) is 7.21. The first-order valence-corrected chi connectivity index (χ1v) is 10.6. The van der Waals surface area contributed by atoms with Crippen LogP contribution in [0.15, 0.2) is 83.5 Å². The van der Waals surface area contributed by atoms with Gasteiger partial charge in [0.2, 0.25) is 0 Å². The second kappa shape index (κ2) is 9.44. The minimum atomic E-state index is -4.66. The summed E-state index contributed by atoms with van der Waals surface area (Å²) in [5, 5.41) is 2.45. The molecule has 2 amide bonds. The molecule has 0 aliphatic carbocycles. The highest BCUT2D eigenvalue weighted by Crippen LogP contribution is 2.35. The molecule has 6 nitrogen and oxygen atoms in total. The van der Waals surface area contributed by atoms with Crippen LogP contribution in [0.5, 0.6) is 5.75 Å². The Morgan fingerprint density at radius 2 is 1.57 bits per heavy atom. The van der Waals surface area contributed by atoms with Crippen LogP contribution in [-0.2, 0) is 15.8 Å². The number of nitrogens with one attached hydrogen (secondary N) is 1. The standard InChI is InChI=1S/C24H13Cl2F3N2O4/c25-17-6-1-2-7-18(17)35-23(34)13-8-10-15(11-9-13)30-20-19(26)21(32)31(22(20)33)16-5-3-4-14(12-16)24(27,28)29/h1-12,30H. The molecule has 0 saturated heterocycles. The van der Waals surface area contributed by atoms with E-state index in [4.69, 9.17) is 27.9 Å². The van der Waals surface area contributed by atoms with E-state index in [0.29, 0.717) is 16.7 Å². The van der Waals surface area contributed by atoms with Gasteiger partial charge in [-0.2, -0.15) is 13.2 Å². The number of imide groups is 1. The number of rotatable bonds is 5. The van der Waals surface area contributed by atoms with Crippen molar-refractivity contribution in [2.45, 2.75) is 6.18 Å². The van der Waals surface area contributed by atoms with Crippen LogP contribution in [0.1, 0.15) is 15.9 Å². The fourth-order valence-electron chi connectivity index (χ4n) is 3.19. The molecule has 4 rings (SSSR count). The van der Waals surface area contributed by atoms with Crippen LogP contribution in [0.3, 0.4) is 0 Å². The van der Waals surface area contributed by atoms with Crippen molar-refractivity contribution >= 4 is 52.4 Å². The number of benzene rings is 3. The molecule has 0 aromatic heterocycles. The summed E-state index contributed by atoms with van der Waals surface area (Å²) in [7, 11) is 0. The zero-order valence-electron chi connectivity index (χ0n) is 17.4. The van der Waals surface area contributed by atoms with Crippen LogP contribution in [0.4, 0.5) is 24.5 Å². The summed E-state index contributed by atoms with van der Waals surface area (Å²) in [5.74, 6) is -2.40. The zero-order chi connectivity index (χ0) is 25.3. The van der Waals surface area contributed by atoms with Gasteiger partial charge >= 0.3 is 12.1 Å². The third kappa shape index (κ3) is 5.01. The Labute approximate surface area is 206 Å². The lowest BCUT2D eigenvalue weighted by atomic mass is 10.2. The van der Waals surface area contributed by atoms with Gasteiger partial charge in [0.05, 0.1) is 21.8 Å². The molecule has 178 valence electrons. The van der Waals surface area contributed by atoms with Gasteiger partial charge in [0.15, 0.2) is 0 Å². The van der Waals surface area contributed by atoms with E-state index in [1.165, 1.54) is 36.4 Å². The average molecular weight is 521 g/mol. The molecule has 1 heterocycles. The van der Waals surface area contributed by atoms with E-state index in [1.54, 1.807) is 18.2 Å². The summed E-state index contributed by atoms with van der Waals surface area (Å²) < 4.78 is 44.4. The number of hydrogen-bond acceptors (Lipinski definition) is 5. The van der Waals surface area contributed by atoms with Crippen LogP contribution in [0.25, 0.3) is 0 Å². The zero-order valence-corrected chi connectivity index (χ0v) is 18.9. The highest BCUT2D eigenvalue weighted by molar-refractivity contribution is 6.53. The maximum Gasteiger partial charge on any atom is 0.416 e. The average Bonchev–Trinajstić information content (AvgIpc) is 3.03. The molecular formula is C24H13Cl2F3N2O4. The third-order valence-electron chi connectivity index (χ3n) is 4.89. The maximum absolute atomic E-state index is 13.0. The SMILES string of the molecule is O=C(Oc1ccccc1Cl)c1ccc(NC2=C(Cl)C(=O)N(c3cccc(C(F)(F)F)c3)C2=O)cc1. The van der Waals surface area contributed by atoms with Crippen molar-refractivity contribution in [1.29, 1.82) is 0 Å². The number of amides is 2. The first-order chi connectivity index (χ1) is 16.6. The predicted molar refractivity (Wildman–Crippen MR) is 123 cm³/mol. The molecular weight excluding hydrogens is 508 g/mol. The Kier molecular flexibility index (Phi) is 6.56. The summed E-state index contributed by atoms with van der Waals surface area (Å²) in [6.45, 7) is 0. The van der Waals surface area contributed by atoms with E-state index in [9.17, 15) is 27.6 Å². The lowest BCUT2D eigenvalue weighted by molar-refractivity contribution is -0.137. The predicted octanol–water partition coefficient (Wildman–Crippen LogP) is 6.01. The van der Waals surface area contributed by atoms with Crippen molar-refractivity contribution in [2.24, 2.45) is 0 Å². The largest absolute Gasteiger partial charge is 0.421 e. The molecule has 0 bridgehead atoms. The Morgan fingerprint density at radius 1 is 0.886 bits per heavy atom. The Morgan fingerprint density at radius 3 is 2.23 bits per heavy atom. The molecule has 35 heavy (non-hydrogen) atoms. The van der Waals surface area contributed by atoms with Crippen LogP contribution >= 0.6 is 23.2 Å². The number of alkyl halides is 3. The summed E-state index contributed by atoms with van der Waals surface area (Å²) in [4.78, 5) is 38.3. The summed E-state index contributed by atoms with van der Waals surface area (Å²) in [5.41, 5.74) is -1.15. The Hall–Kier alpha value is -3.82. The molecule has 0 radical (unpaired) electrons. The number of carbonyl (C=O) groups excluding carboxylic acids is 3. The topological polar surface area (TPSA) is 75.7 Å². The highest BCUT2D eigenvalue weighted by Gasteiger charge is 2.40. The number of halogens is 5. The van der Waals surface area contributed by atoms with Gasteiger partial charge in [0, 0.05) is 5.69 Å². The van der Waals surface area contributed by atoms with Gasteiger partial charge in [-0.1, -0.05) is 41.4 Å². The first kappa shape index (κ1) is 24.3. The molecule has 0 saturated carbocycles. The minimum absolute atomic E-state index is 0.176. The highest BCUT2D eigenvalue weighted by atomic mass is 35.5. The van der Waals surface area contributed by atoms with Crippen LogP contribution in [0, 0.1) is 0 Å². The van der Waals surface area contributed by atoms with Crippen molar-refractivity contribution in [3.63, 3.8) is 0 Å². The van der Waals surface area contributed by atoms with Crippen LogP contribution < -0.4 is 15.0 Å². The quantitative estimate of drug-likeness (QED) is 0.253. The number of carbonyl (C=O) groups is 3. The third-order valence-corrected chi connectivity index (χ3v) is 5.55. The Bertz CT molecular complexity index is 1370. The molecule has 3 aromatic rings. The summed E-state index contributed by atoms with van der Waals surface area (Å²) in [6, 6.07) is 15.9. The number of para-hydroxylation sites is 1. The van der Waals surface area contributed by atoms with Crippen molar-refractivity contribution < 1.29 is 32.3 Å². The van der Waals surface area contributed by atoms with Crippen molar-refractivity contribution in [2.75, 3.05) is 10.2 Å². The minimum Gasteiger partial charge on any atom is -0.421 e. The van der Waals surface area contributed by atoms with Crippen molar-refractivity contribution in [1.82, 2.24) is 0 Å². The van der Waals surface area contributed by atoms with Gasteiger partial charge in [0.1, 0.15) is 16.5 Å². The molecule has 0 atom stereocenters. The lowest BCUT2D eigenvalue weighted by Crippen LogP contribution is -2.32. The molecule has 3 aromatic carbocycles. The number of hydrogen-bond donors (Lipinski definition) is 1.